The largest absolute Gasteiger partial charge is 0.490 e. The summed E-state index contributed by atoms with van der Waals surface area (Å²) in [7, 11) is 0. The van der Waals surface area contributed by atoms with E-state index < -0.39 is 11.9 Å². The van der Waals surface area contributed by atoms with Crippen molar-refractivity contribution in [1.82, 2.24) is 5.32 Å². The van der Waals surface area contributed by atoms with Crippen molar-refractivity contribution in [3.05, 3.63) is 68.9 Å². The number of benzene rings is 2. The molecule has 150 valence electrons. The summed E-state index contributed by atoms with van der Waals surface area (Å²) in [5.74, 6) is 0.700. The summed E-state index contributed by atoms with van der Waals surface area (Å²) in [5, 5.41) is 3.04. The maximum atomic E-state index is 12.8. The van der Waals surface area contributed by atoms with Crippen molar-refractivity contribution >= 4 is 57.9 Å². The average Bonchev–Trinajstić information content (AvgIpc) is 2.94. The van der Waals surface area contributed by atoms with Gasteiger partial charge >= 0.3 is 6.03 Å². The molecule has 3 rings (SSSR count). The number of ether oxygens (including phenoxy) is 2. The van der Waals surface area contributed by atoms with Crippen molar-refractivity contribution in [2.75, 3.05) is 18.1 Å². The first-order valence-electron chi connectivity index (χ1n) is 8.77. The average molecular weight is 525 g/mol. The minimum absolute atomic E-state index is 0.160. The lowest BCUT2D eigenvalue weighted by molar-refractivity contribution is -0.113. The zero-order valence-corrected chi connectivity index (χ0v) is 18.5. The summed E-state index contributed by atoms with van der Waals surface area (Å²) in [6.07, 6.45) is 3.26. The normalized spacial score (nSPS) is 14.9. The molecule has 2 aromatic rings. The summed E-state index contributed by atoms with van der Waals surface area (Å²) in [6.45, 7) is 6.33. The SMILES string of the molecule is C=CCOc1c(I)cc(/C=C2/NC(=O)N(c3cccc(Cl)c3)C2=O)cc1OCC. The fourth-order valence-corrected chi connectivity index (χ4v) is 3.73. The van der Waals surface area contributed by atoms with E-state index in [2.05, 4.69) is 34.5 Å². The van der Waals surface area contributed by atoms with E-state index in [1.165, 1.54) is 0 Å². The second kappa shape index (κ2) is 9.32. The van der Waals surface area contributed by atoms with Crippen LogP contribution in [0.4, 0.5) is 10.5 Å². The van der Waals surface area contributed by atoms with Crippen LogP contribution < -0.4 is 19.7 Å². The summed E-state index contributed by atoms with van der Waals surface area (Å²) in [6, 6.07) is 9.63. The first-order chi connectivity index (χ1) is 13.9. The molecule has 0 aromatic heterocycles. The third-order valence-electron chi connectivity index (χ3n) is 3.93. The molecule has 1 aliphatic rings. The zero-order valence-electron chi connectivity index (χ0n) is 15.6. The quantitative estimate of drug-likeness (QED) is 0.239. The summed E-state index contributed by atoms with van der Waals surface area (Å²) >= 11 is 8.12. The Kier molecular flexibility index (Phi) is 6.81. The highest BCUT2D eigenvalue weighted by molar-refractivity contribution is 14.1. The molecule has 8 heteroatoms. The highest BCUT2D eigenvalue weighted by Crippen LogP contribution is 2.35. The van der Waals surface area contributed by atoms with Gasteiger partial charge in [0.1, 0.15) is 12.3 Å². The molecule has 0 atom stereocenters. The molecule has 0 radical (unpaired) electrons. The number of hydrogen-bond donors (Lipinski definition) is 1. The number of halogens is 2. The van der Waals surface area contributed by atoms with Crippen LogP contribution in [-0.4, -0.2) is 25.2 Å². The minimum atomic E-state index is -0.533. The molecule has 1 fully saturated rings. The number of amides is 3. The van der Waals surface area contributed by atoms with Gasteiger partial charge in [-0.2, -0.15) is 0 Å². The Bertz CT molecular complexity index is 1010. The van der Waals surface area contributed by atoms with E-state index in [0.29, 0.717) is 41.0 Å². The Morgan fingerprint density at radius 1 is 1.24 bits per heavy atom. The number of carbonyl (C=O) groups excluding carboxylic acids is 2. The molecule has 0 spiro atoms. The fourth-order valence-electron chi connectivity index (χ4n) is 2.77. The van der Waals surface area contributed by atoms with Crippen LogP contribution in [0.25, 0.3) is 6.08 Å². The molecule has 1 heterocycles. The van der Waals surface area contributed by atoms with Crippen LogP contribution in [-0.2, 0) is 4.79 Å². The lowest BCUT2D eigenvalue weighted by atomic mass is 10.1. The standard InChI is InChI=1S/C21H18ClIN2O4/c1-3-8-29-19-16(23)9-13(11-18(19)28-4-2)10-17-20(26)25(21(27)24-17)15-7-5-6-14(22)12-15/h3,5-7,9-12H,1,4,8H2,2H3,(H,24,27)/b17-10+. The van der Waals surface area contributed by atoms with E-state index in [1.54, 1.807) is 42.5 Å². The first-order valence-corrected chi connectivity index (χ1v) is 10.2. The predicted molar refractivity (Wildman–Crippen MR) is 121 cm³/mol. The molecule has 0 bridgehead atoms. The summed E-state index contributed by atoms with van der Waals surface area (Å²) in [4.78, 5) is 26.2. The van der Waals surface area contributed by atoms with Gasteiger partial charge in [-0.1, -0.05) is 30.3 Å². The number of rotatable bonds is 7. The van der Waals surface area contributed by atoms with E-state index in [1.807, 2.05) is 13.0 Å². The summed E-state index contributed by atoms with van der Waals surface area (Å²) < 4.78 is 12.2. The smallest absolute Gasteiger partial charge is 0.333 e. The van der Waals surface area contributed by atoms with E-state index in [-0.39, 0.29) is 5.70 Å². The van der Waals surface area contributed by atoms with Gasteiger partial charge in [-0.05, 0) is 71.5 Å². The van der Waals surface area contributed by atoms with Crippen molar-refractivity contribution in [3.8, 4) is 11.5 Å². The third-order valence-corrected chi connectivity index (χ3v) is 4.97. The molecule has 6 nitrogen and oxygen atoms in total. The van der Waals surface area contributed by atoms with Crippen LogP contribution in [0.15, 0.2) is 54.8 Å². The Balaban J connectivity index is 1.94. The highest BCUT2D eigenvalue weighted by atomic mass is 127. The van der Waals surface area contributed by atoms with Gasteiger partial charge in [-0.15, -0.1) is 0 Å². The number of imide groups is 1. The molecule has 1 saturated heterocycles. The van der Waals surface area contributed by atoms with Gasteiger partial charge in [-0.3, -0.25) is 4.79 Å². The fraction of sp³-hybridized carbons (Fsp3) is 0.143. The molecule has 1 N–H and O–H groups in total. The number of anilines is 1. The van der Waals surface area contributed by atoms with Crippen LogP contribution in [0, 0.1) is 3.57 Å². The highest BCUT2D eigenvalue weighted by Gasteiger charge is 2.35. The Labute approximate surface area is 187 Å². The Morgan fingerprint density at radius 3 is 2.72 bits per heavy atom. The van der Waals surface area contributed by atoms with Gasteiger partial charge in [0.2, 0.25) is 0 Å². The number of hydrogen-bond acceptors (Lipinski definition) is 4. The topological polar surface area (TPSA) is 67.9 Å². The number of urea groups is 1. The van der Waals surface area contributed by atoms with Crippen molar-refractivity contribution in [1.29, 1.82) is 0 Å². The van der Waals surface area contributed by atoms with E-state index >= 15 is 0 Å². The van der Waals surface area contributed by atoms with Crippen molar-refractivity contribution in [2.24, 2.45) is 0 Å². The molecule has 0 saturated carbocycles. The van der Waals surface area contributed by atoms with E-state index in [4.69, 9.17) is 21.1 Å². The van der Waals surface area contributed by atoms with Crippen LogP contribution in [0.5, 0.6) is 11.5 Å². The van der Waals surface area contributed by atoms with Gasteiger partial charge in [-0.25, -0.2) is 9.69 Å². The van der Waals surface area contributed by atoms with Gasteiger partial charge in [0.25, 0.3) is 5.91 Å². The second-order valence-corrected chi connectivity index (χ2v) is 7.57. The summed E-state index contributed by atoms with van der Waals surface area (Å²) in [5.41, 5.74) is 1.26. The monoisotopic (exact) mass is 524 g/mol. The van der Waals surface area contributed by atoms with Crippen molar-refractivity contribution in [3.63, 3.8) is 0 Å². The van der Waals surface area contributed by atoms with Crippen molar-refractivity contribution in [2.45, 2.75) is 6.92 Å². The predicted octanol–water partition coefficient (Wildman–Crippen LogP) is 5.01. The molecule has 2 aromatic carbocycles. The first kappa shape index (κ1) is 21.2. The number of carbonyl (C=O) groups is 2. The molecule has 29 heavy (non-hydrogen) atoms. The van der Waals surface area contributed by atoms with Crippen LogP contribution >= 0.6 is 34.2 Å². The van der Waals surface area contributed by atoms with Gasteiger partial charge < -0.3 is 14.8 Å². The minimum Gasteiger partial charge on any atom is -0.490 e. The molecular formula is C21H18ClIN2O4. The zero-order chi connectivity index (χ0) is 21.0. The van der Waals surface area contributed by atoms with Gasteiger partial charge in [0, 0.05) is 5.02 Å². The number of nitrogens with zero attached hydrogens (tertiary/aromatic N) is 1. The van der Waals surface area contributed by atoms with E-state index in [9.17, 15) is 9.59 Å². The number of nitrogens with one attached hydrogen (secondary N) is 1. The maximum absolute atomic E-state index is 12.8. The van der Waals surface area contributed by atoms with Gasteiger partial charge in [0.05, 0.1) is 15.9 Å². The molecule has 3 amide bonds. The molecule has 1 aliphatic heterocycles. The van der Waals surface area contributed by atoms with Crippen LogP contribution in [0.2, 0.25) is 5.02 Å². The van der Waals surface area contributed by atoms with E-state index in [0.717, 1.165) is 8.47 Å². The molecular weight excluding hydrogens is 507 g/mol. The Morgan fingerprint density at radius 2 is 2.03 bits per heavy atom. The van der Waals surface area contributed by atoms with Crippen LogP contribution in [0.3, 0.4) is 0 Å². The Hall–Kier alpha value is -2.52. The van der Waals surface area contributed by atoms with Crippen LogP contribution in [0.1, 0.15) is 12.5 Å². The van der Waals surface area contributed by atoms with Gasteiger partial charge in [0.15, 0.2) is 11.5 Å². The molecule has 0 aliphatic carbocycles. The molecule has 0 unspecified atom stereocenters. The lowest BCUT2D eigenvalue weighted by Crippen LogP contribution is -2.30. The lowest BCUT2D eigenvalue weighted by Gasteiger charge is -2.14. The second-order valence-electron chi connectivity index (χ2n) is 5.97. The third kappa shape index (κ3) is 4.73. The van der Waals surface area contributed by atoms with Crippen molar-refractivity contribution < 1.29 is 19.1 Å². The maximum Gasteiger partial charge on any atom is 0.333 e.